The Labute approximate surface area is 128 Å². The van der Waals surface area contributed by atoms with E-state index in [0.717, 1.165) is 17.5 Å². The summed E-state index contributed by atoms with van der Waals surface area (Å²) in [6.07, 6.45) is 2.01. The Morgan fingerprint density at radius 1 is 1.19 bits per heavy atom. The van der Waals surface area contributed by atoms with Crippen molar-refractivity contribution < 1.29 is 0 Å². The maximum atomic E-state index is 12.4. The fourth-order valence-electron chi connectivity index (χ4n) is 2.38. The Morgan fingerprint density at radius 3 is 2.57 bits per heavy atom. The smallest absolute Gasteiger partial charge is 0.297 e. The molecule has 0 saturated heterocycles. The van der Waals surface area contributed by atoms with Gasteiger partial charge in [-0.15, -0.1) is 0 Å². The summed E-state index contributed by atoms with van der Waals surface area (Å²) in [7, 11) is 0. The van der Waals surface area contributed by atoms with Crippen molar-refractivity contribution in [2.24, 2.45) is 0 Å². The lowest BCUT2D eigenvalue weighted by atomic mass is 10.1. The van der Waals surface area contributed by atoms with Crippen LogP contribution >= 0.6 is 11.6 Å². The van der Waals surface area contributed by atoms with Gasteiger partial charge in [0.15, 0.2) is 0 Å². The Balaban J connectivity index is 2.32. The normalized spacial score (nSPS) is 10.8. The third-order valence-electron chi connectivity index (χ3n) is 3.60. The molecule has 0 aliphatic carbocycles. The molecule has 0 radical (unpaired) electrons. The van der Waals surface area contributed by atoms with Crippen LogP contribution in [0.4, 0.5) is 0 Å². The highest BCUT2D eigenvalue weighted by atomic mass is 35.5. The number of hydrogen-bond acceptors (Lipinski definition) is 2. The molecule has 0 spiro atoms. The van der Waals surface area contributed by atoms with Crippen LogP contribution in [0.3, 0.4) is 0 Å². The van der Waals surface area contributed by atoms with Gasteiger partial charge in [-0.1, -0.05) is 49.2 Å². The molecule has 2 aromatic rings. The van der Waals surface area contributed by atoms with Crippen molar-refractivity contribution in [3.63, 3.8) is 0 Å². The molecule has 0 bridgehead atoms. The third kappa shape index (κ3) is 3.45. The second kappa shape index (κ2) is 6.76. The molecule has 21 heavy (non-hydrogen) atoms. The minimum atomic E-state index is -0.446. The summed E-state index contributed by atoms with van der Waals surface area (Å²) in [5, 5.41) is 0.166. The number of H-pyrrole nitrogens is 1. The number of aromatic amines is 1. The molecule has 0 unspecified atom stereocenters. The number of nitrogens with zero attached hydrogens (tertiary/aromatic N) is 1. The van der Waals surface area contributed by atoms with E-state index in [9.17, 15) is 9.59 Å². The first-order valence-corrected chi connectivity index (χ1v) is 7.48. The molecule has 0 amide bonds. The van der Waals surface area contributed by atoms with Crippen LogP contribution in [0.15, 0.2) is 33.9 Å². The van der Waals surface area contributed by atoms with Crippen LogP contribution in [0.1, 0.15) is 30.0 Å². The van der Waals surface area contributed by atoms with Gasteiger partial charge >= 0.3 is 5.69 Å². The van der Waals surface area contributed by atoms with Crippen LogP contribution in [0.5, 0.6) is 0 Å². The zero-order valence-electron chi connectivity index (χ0n) is 12.3. The lowest BCUT2D eigenvalue weighted by Gasteiger charge is -2.10. The predicted molar refractivity (Wildman–Crippen MR) is 85.2 cm³/mol. The second-order valence-electron chi connectivity index (χ2n) is 5.11. The molecule has 0 atom stereocenters. The molecule has 1 N–H and O–H groups in total. The lowest BCUT2D eigenvalue weighted by Crippen LogP contribution is -2.38. The second-order valence-corrected chi connectivity index (χ2v) is 5.48. The highest BCUT2D eigenvalue weighted by Gasteiger charge is 2.12. The molecule has 1 aromatic heterocycles. The molecular weight excluding hydrogens is 288 g/mol. The molecule has 0 aliphatic heterocycles. The maximum absolute atomic E-state index is 12.4. The molecule has 2 rings (SSSR count). The van der Waals surface area contributed by atoms with E-state index in [1.165, 1.54) is 4.57 Å². The molecule has 0 fully saturated rings. The van der Waals surface area contributed by atoms with Gasteiger partial charge in [-0.3, -0.25) is 14.3 Å². The van der Waals surface area contributed by atoms with E-state index >= 15 is 0 Å². The highest BCUT2D eigenvalue weighted by molar-refractivity contribution is 6.30. The zero-order valence-corrected chi connectivity index (χ0v) is 13.0. The monoisotopic (exact) mass is 306 g/mol. The average Bonchev–Trinajstić information content (AvgIpc) is 2.45. The van der Waals surface area contributed by atoms with Gasteiger partial charge < -0.3 is 0 Å². The molecule has 4 nitrogen and oxygen atoms in total. The van der Waals surface area contributed by atoms with Gasteiger partial charge in [-0.05, 0) is 30.9 Å². The topological polar surface area (TPSA) is 54.9 Å². The average molecular weight is 307 g/mol. The van der Waals surface area contributed by atoms with Crippen molar-refractivity contribution in [3.8, 4) is 0 Å². The number of nitrogens with one attached hydrogen (secondary N) is 1. The van der Waals surface area contributed by atoms with Gasteiger partial charge in [-0.25, -0.2) is 4.79 Å². The fourth-order valence-corrected chi connectivity index (χ4v) is 2.63. The minimum absolute atomic E-state index is 0.166. The Morgan fingerprint density at radius 2 is 1.90 bits per heavy atom. The van der Waals surface area contributed by atoms with Crippen LogP contribution in [0.25, 0.3) is 0 Å². The highest BCUT2D eigenvalue weighted by Crippen LogP contribution is 2.10. The molecule has 1 heterocycles. The Kier molecular flexibility index (Phi) is 5.02. The summed E-state index contributed by atoms with van der Waals surface area (Å²) in [6, 6.07) is 7.96. The first-order valence-electron chi connectivity index (χ1n) is 7.10. The molecular formula is C16H19ClN2O2. The van der Waals surface area contributed by atoms with Gasteiger partial charge in [-0.2, -0.15) is 0 Å². The molecule has 112 valence electrons. The van der Waals surface area contributed by atoms with E-state index < -0.39 is 5.69 Å². The van der Waals surface area contributed by atoms with E-state index in [-0.39, 0.29) is 10.7 Å². The van der Waals surface area contributed by atoms with E-state index in [1.54, 1.807) is 0 Å². The largest absolute Gasteiger partial charge is 0.329 e. The Bertz CT molecular complexity index is 747. The SMILES string of the molecule is CCCc1c(Cl)[nH]c(=O)n(CCc2ccccc2C)c1=O. The number of benzene rings is 1. The summed E-state index contributed by atoms with van der Waals surface area (Å²) in [6.45, 7) is 4.35. The van der Waals surface area contributed by atoms with Gasteiger partial charge in [0.2, 0.25) is 0 Å². The summed E-state index contributed by atoms with van der Waals surface area (Å²) < 4.78 is 1.24. The van der Waals surface area contributed by atoms with Crippen LogP contribution in [0.2, 0.25) is 5.15 Å². The van der Waals surface area contributed by atoms with Crippen LogP contribution in [0, 0.1) is 6.92 Å². The third-order valence-corrected chi connectivity index (χ3v) is 3.92. The van der Waals surface area contributed by atoms with Crippen molar-refractivity contribution in [2.75, 3.05) is 0 Å². The molecule has 0 saturated carbocycles. The van der Waals surface area contributed by atoms with Crippen molar-refractivity contribution in [1.82, 2.24) is 9.55 Å². The van der Waals surface area contributed by atoms with Crippen molar-refractivity contribution >= 4 is 11.6 Å². The van der Waals surface area contributed by atoms with E-state index in [2.05, 4.69) is 4.98 Å². The number of rotatable bonds is 5. The molecule has 0 aliphatic rings. The van der Waals surface area contributed by atoms with Crippen molar-refractivity contribution in [3.05, 3.63) is 66.9 Å². The van der Waals surface area contributed by atoms with Crippen LogP contribution in [-0.4, -0.2) is 9.55 Å². The fraction of sp³-hybridized carbons (Fsp3) is 0.375. The van der Waals surface area contributed by atoms with Crippen molar-refractivity contribution in [1.29, 1.82) is 0 Å². The standard InChI is InChI=1S/C16H19ClN2O2/c1-3-6-13-14(17)18-16(21)19(15(13)20)10-9-12-8-5-4-7-11(12)2/h4-5,7-8H,3,6,9-10H2,1-2H3,(H,18,21). The van der Waals surface area contributed by atoms with Gasteiger partial charge in [0.25, 0.3) is 5.56 Å². The number of halogens is 1. The first-order chi connectivity index (χ1) is 10.0. The van der Waals surface area contributed by atoms with E-state index in [0.29, 0.717) is 24.9 Å². The predicted octanol–water partition coefficient (Wildman–Crippen LogP) is 2.69. The first kappa shape index (κ1) is 15.6. The maximum Gasteiger partial charge on any atom is 0.329 e. The number of aryl methyl sites for hydroxylation is 2. The minimum Gasteiger partial charge on any atom is -0.297 e. The zero-order chi connectivity index (χ0) is 15.4. The quantitative estimate of drug-likeness (QED) is 0.864. The van der Waals surface area contributed by atoms with Gasteiger partial charge in [0.1, 0.15) is 5.15 Å². The van der Waals surface area contributed by atoms with Gasteiger partial charge in [0, 0.05) is 6.54 Å². The summed E-state index contributed by atoms with van der Waals surface area (Å²) in [5.74, 6) is 0. The lowest BCUT2D eigenvalue weighted by molar-refractivity contribution is 0.616. The number of hydrogen-bond donors (Lipinski definition) is 1. The molecule has 5 heteroatoms. The summed E-state index contributed by atoms with van der Waals surface area (Å²) in [4.78, 5) is 26.9. The molecule has 1 aromatic carbocycles. The summed E-state index contributed by atoms with van der Waals surface area (Å²) >= 11 is 5.96. The Hall–Kier alpha value is -1.81. The number of aromatic nitrogens is 2. The van der Waals surface area contributed by atoms with Crippen LogP contribution in [-0.2, 0) is 19.4 Å². The van der Waals surface area contributed by atoms with Crippen LogP contribution < -0.4 is 11.2 Å². The van der Waals surface area contributed by atoms with Gasteiger partial charge in [0.05, 0.1) is 5.56 Å². The van der Waals surface area contributed by atoms with E-state index in [1.807, 2.05) is 38.1 Å². The van der Waals surface area contributed by atoms with Crippen molar-refractivity contribution in [2.45, 2.75) is 39.7 Å². The van der Waals surface area contributed by atoms with E-state index in [4.69, 9.17) is 11.6 Å². The summed E-state index contributed by atoms with van der Waals surface area (Å²) in [5.41, 5.74) is 2.06.